The minimum Gasteiger partial charge on any atom is -0.382 e. The quantitative estimate of drug-likeness (QED) is 0.542. The number of carbonyl (C=O) groups excluding carboxylic acids is 2. The molecule has 0 atom stereocenters. The van der Waals surface area contributed by atoms with Gasteiger partial charge in [0, 0.05) is 32.8 Å². The Morgan fingerprint density at radius 1 is 1.11 bits per heavy atom. The molecule has 0 radical (unpaired) electrons. The average molecular weight is 372 g/mol. The van der Waals surface area contributed by atoms with Crippen LogP contribution in [-0.4, -0.2) is 67.7 Å². The van der Waals surface area contributed by atoms with Crippen LogP contribution in [0.1, 0.15) is 30.0 Å². The van der Waals surface area contributed by atoms with E-state index in [-0.39, 0.29) is 11.8 Å². The molecule has 3 rings (SSSR count). The fraction of sp³-hybridized carbons (Fsp3) is 0.524. The van der Waals surface area contributed by atoms with Gasteiger partial charge in [-0.2, -0.15) is 0 Å². The summed E-state index contributed by atoms with van der Waals surface area (Å²) in [6, 6.07) is 5.99. The van der Waals surface area contributed by atoms with E-state index in [9.17, 15) is 9.59 Å². The predicted molar refractivity (Wildman–Crippen MR) is 103 cm³/mol. The van der Waals surface area contributed by atoms with Crippen molar-refractivity contribution in [2.24, 2.45) is 0 Å². The molecular formula is C21H28N2O4. The van der Waals surface area contributed by atoms with Gasteiger partial charge in [-0.05, 0) is 38.3 Å². The van der Waals surface area contributed by atoms with Gasteiger partial charge in [-0.3, -0.25) is 14.5 Å². The molecule has 2 aliphatic heterocycles. The fourth-order valence-corrected chi connectivity index (χ4v) is 3.65. The van der Waals surface area contributed by atoms with Gasteiger partial charge in [0.2, 0.25) is 0 Å². The minimum atomic E-state index is -0.204. The summed E-state index contributed by atoms with van der Waals surface area (Å²) in [6.45, 7) is 9.86. The monoisotopic (exact) mass is 372 g/mol. The Kier molecular flexibility index (Phi) is 6.29. The van der Waals surface area contributed by atoms with E-state index in [2.05, 4.69) is 6.07 Å². The summed E-state index contributed by atoms with van der Waals surface area (Å²) >= 11 is 0. The molecule has 0 N–H and O–H groups in total. The lowest BCUT2D eigenvalue weighted by Gasteiger charge is -2.29. The number of aryl methyl sites for hydroxylation is 2. The Bertz CT molecular complexity index is 751. The first-order valence-electron chi connectivity index (χ1n) is 9.63. The number of rotatable bonds is 7. The maximum Gasteiger partial charge on any atom is 0.277 e. The molecule has 1 fully saturated rings. The Labute approximate surface area is 160 Å². The lowest BCUT2D eigenvalue weighted by Crippen LogP contribution is -2.40. The van der Waals surface area contributed by atoms with E-state index >= 15 is 0 Å². The highest BCUT2D eigenvalue weighted by molar-refractivity contribution is 6.35. The second-order valence-electron chi connectivity index (χ2n) is 6.95. The fourth-order valence-electron chi connectivity index (χ4n) is 3.65. The third-order valence-corrected chi connectivity index (χ3v) is 5.00. The summed E-state index contributed by atoms with van der Waals surface area (Å²) in [5.41, 5.74) is 4.03. The number of hydrogen-bond acceptors (Lipinski definition) is 5. The first-order valence-corrected chi connectivity index (χ1v) is 9.63. The van der Waals surface area contributed by atoms with Crippen LogP contribution in [0.4, 0.5) is 0 Å². The van der Waals surface area contributed by atoms with E-state index < -0.39 is 0 Å². The Hall–Kier alpha value is -2.18. The lowest BCUT2D eigenvalue weighted by molar-refractivity contribution is -0.138. The average Bonchev–Trinajstić information content (AvgIpc) is 2.90. The topological polar surface area (TPSA) is 59.1 Å². The van der Waals surface area contributed by atoms with Gasteiger partial charge in [-0.25, -0.2) is 0 Å². The molecule has 0 saturated carbocycles. The third-order valence-electron chi connectivity index (χ3n) is 5.00. The van der Waals surface area contributed by atoms with Crippen molar-refractivity contribution in [3.63, 3.8) is 0 Å². The lowest BCUT2D eigenvalue weighted by atomic mass is 9.97. The van der Waals surface area contributed by atoms with Crippen molar-refractivity contribution in [3.8, 4) is 0 Å². The second kappa shape index (κ2) is 8.67. The maximum atomic E-state index is 13.2. The highest BCUT2D eigenvalue weighted by Gasteiger charge is 2.41. The number of amides is 2. The number of benzene rings is 1. The SMILES string of the molecule is CCOCCCN1C(=O)C(c2ccc(C)cc2C)=C(N2CCOCC2)C1=O. The standard InChI is InChI=1S/C21H28N2O4/c1-4-26-11-5-8-23-20(24)18(17-7-6-15(2)14-16(17)3)19(21(23)25)22-9-12-27-13-10-22/h6-7,14H,4-5,8-13H2,1-3H3. The number of imide groups is 1. The van der Waals surface area contributed by atoms with E-state index in [1.807, 2.05) is 37.8 Å². The highest BCUT2D eigenvalue weighted by atomic mass is 16.5. The van der Waals surface area contributed by atoms with Crippen molar-refractivity contribution in [2.75, 3.05) is 46.1 Å². The molecule has 0 unspecified atom stereocenters. The summed E-state index contributed by atoms with van der Waals surface area (Å²) in [5.74, 6) is -0.404. The molecule has 6 heteroatoms. The van der Waals surface area contributed by atoms with Gasteiger partial charge in [0.25, 0.3) is 11.8 Å². The molecule has 1 saturated heterocycles. The molecule has 2 aliphatic rings. The number of morpholine rings is 1. The van der Waals surface area contributed by atoms with E-state index in [0.29, 0.717) is 63.8 Å². The van der Waals surface area contributed by atoms with Gasteiger partial charge in [-0.1, -0.05) is 23.8 Å². The molecule has 2 heterocycles. The van der Waals surface area contributed by atoms with E-state index in [0.717, 1.165) is 16.7 Å². The molecule has 0 bridgehead atoms. The number of ether oxygens (including phenoxy) is 2. The summed E-state index contributed by atoms with van der Waals surface area (Å²) in [5, 5.41) is 0. The summed E-state index contributed by atoms with van der Waals surface area (Å²) in [6.07, 6.45) is 0.641. The first-order chi connectivity index (χ1) is 13.0. The molecule has 0 aromatic heterocycles. The van der Waals surface area contributed by atoms with Crippen LogP contribution in [0.25, 0.3) is 5.57 Å². The predicted octanol–water partition coefficient (Wildman–Crippen LogP) is 2.14. The zero-order chi connectivity index (χ0) is 19.4. The van der Waals surface area contributed by atoms with Crippen LogP contribution >= 0.6 is 0 Å². The van der Waals surface area contributed by atoms with Crippen LogP contribution in [0.2, 0.25) is 0 Å². The van der Waals surface area contributed by atoms with Gasteiger partial charge in [0.1, 0.15) is 5.70 Å². The van der Waals surface area contributed by atoms with Crippen LogP contribution in [0.15, 0.2) is 23.9 Å². The largest absolute Gasteiger partial charge is 0.382 e. The van der Waals surface area contributed by atoms with Gasteiger partial charge in [0.05, 0.1) is 18.8 Å². The normalized spacial score (nSPS) is 18.0. The van der Waals surface area contributed by atoms with Crippen LogP contribution in [0, 0.1) is 13.8 Å². The number of carbonyl (C=O) groups is 2. The van der Waals surface area contributed by atoms with Crippen LogP contribution in [0.5, 0.6) is 0 Å². The molecule has 1 aromatic rings. The second-order valence-corrected chi connectivity index (χ2v) is 6.95. The van der Waals surface area contributed by atoms with Crippen LogP contribution in [0.3, 0.4) is 0 Å². The zero-order valence-corrected chi connectivity index (χ0v) is 16.4. The van der Waals surface area contributed by atoms with E-state index in [1.54, 1.807) is 0 Å². The molecule has 0 spiro atoms. The third kappa shape index (κ3) is 4.06. The summed E-state index contributed by atoms with van der Waals surface area (Å²) in [7, 11) is 0. The molecule has 27 heavy (non-hydrogen) atoms. The molecular weight excluding hydrogens is 344 g/mol. The molecule has 146 valence electrons. The number of nitrogens with zero attached hydrogens (tertiary/aromatic N) is 2. The van der Waals surface area contributed by atoms with Crippen molar-refractivity contribution < 1.29 is 19.1 Å². The maximum absolute atomic E-state index is 13.2. The first kappa shape index (κ1) is 19.6. The summed E-state index contributed by atoms with van der Waals surface area (Å²) in [4.78, 5) is 29.8. The molecule has 0 aliphatic carbocycles. The van der Waals surface area contributed by atoms with Gasteiger partial charge in [0.15, 0.2) is 0 Å². The Balaban J connectivity index is 1.95. The number of hydrogen-bond donors (Lipinski definition) is 0. The molecule has 1 aromatic carbocycles. The van der Waals surface area contributed by atoms with Crippen molar-refractivity contribution >= 4 is 17.4 Å². The van der Waals surface area contributed by atoms with Gasteiger partial charge in [-0.15, -0.1) is 0 Å². The Morgan fingerprint density at radius 3 is 2.52 bits per heavy atom. The van der Waals surface area contributed by atoms with Crippen molar-refractivity contribution in [2.45, 2.75) is 27.2 Å². The Morgan fingerprint density at radius 2 is 1.85 bits per heavy atom. The van der Waals surface area contributed by atoms with Crippen molar-refractivity contribution in [1.29, 1.82) is 0 Å². The van der Waals surface area contributed by atoms with Crippen LogP contribution < -0.4 is 0 Å². The molecule has 2 amide bonds. The summed E-state index contributed by atoms with van der Waals surface area (Å²) < 4.78 is 10.8. The van der Waals surface area contributed by atoms with E-state index in [1.165, 1.54) is 4.90 Å². The van der Waals surface area contributed by atoms with Crippen molar-refractivity contribution in [1.82, 2.24) is 9.80 Å². The highest BCUT2D eigenvalue weighted by Crippen LogP contribution is 2.34. The van der Waals surface area contributed by atoms with Crippen molar-refractivity contribution in [3.05, 3.63) is 40.6 Å². The van der Waals surface area contributed by atoms with E-state index in [4.69, 9.17) is 9.47 Å². The van der Waals surface area contributed by atoms with Crippen LogP contribution in [-0.2, 0) is 19.1 Å². The molecule has 6 nitrogen and oxygen atoms in total. The van der Waals surface area contributed by atoms with Gasteiger partial charge >= 0.3 is 0 Å². The smallest absolute Gasteiger partial charge is 0.277 e. The zero-order valence-electron chi connectivity index (χ0n) is 16.4. The van der Waals surface area contributed by atoms with Gasteiger partial charge < -0.3 is 14.4 Å². The minimum absolute atomic E-state index is 0.201.